The molecule has 1 atom stereocenters. The molecule has 1 unspecified atom stereocenters. The van der Waals surface area contributed by atoms with Crippen molar-refractivity contribution in [2.24, 2.45) is 0 Å². The van der Waals surface area contributed by atoms with Crippen molar-refractivity contribution in [3.05, 3.63) is 60.2 Å². The lowest BCUT2D eigenvalue weighted by molar-refractivity contribution is -0.128. The predicted molar refractivity (Wildman–Crippen MR) is 117 cm³/mol. The second-order valence-electron chi connectivity index (χ2n) is 7.91. The molecule has 2 aliphatic heterocycles. The number of sulfonamides is 1. The number of nitrogens with zero attached hydrogens (tertiary/aromatic N) is 4. The van der Waals surface area contributed by atoms with Crippen LogP contribution in [0.3, 0.4) is 0 Å². The number of benzene rings is 2. The van der Waals surface area contributed by atoms with Crippen molar-refractivity contribution >= 4 is 27.6 Å². The highest BCUT2D eigenvalue weighted by atomic mass is 32.2. The van der Waals surface area contributed by atoms with Gasteiger partial charge in [-0.15, -0.1) is 0 Å². The van der Waals surface area contributed by atoms with Gasteiger partial charge >= 0.3 is 6.03 Å². The molecule has 9 heteroatoms. The van der Waals surface area contributed by atoms with Crippen LogP contribution < -0.4 is 4.90 Å². The summed E-state index contributed by atoms with van der Waals surface area (Å²) in [6, 6.07) is 14.9. The van der Waals surface area contributed by atoms with Gasteiger partial charge in [0.1, 0.15) is 6.04 Å². The Morgan fingerprint density at radius 2 is 1.52 bits per heavy atom. The Hall–Kier alpha value is -2.75. The molecule has 8 nitrogen and oxygen atoms in total. The third kappa shape index (κ3) is 4.08. The highest BCUT2D eigenvalue weighted by Gasteiger charge is 2.44. The van der Waals surface area contributed by atoms with E-state index in [9.17, 15) is 18.0 Å². The first kappa shape index (κ1) is 21.5. The minimum Gasteiger partial charge on any atom is -0.283 e. The predicted octanol–water partition coefficient (Wildman–Crippen LogP) is 2.12. The SMILES string of the molecule is Cc1ccc(N2C(=O)N(CN3CCN(S(=O)(=O)c4ccccc4)CC3)C(=O)C2C)cc1. The number of anilines is 1. The zero-order chi connectivity index (χ0) is 22.2. The number of imide groups is 1. The molecule has 0 bridgehead atoms. The van der Waals surface area contributed by atoms with E-state index in [-0.39, 0.29) is 23.5 Å². The van der Waals surface area contributed by atoms with E-state index in [4.69, 9.17) is 0 Å². The molecule has 4 rings (SSSR count). The molecule has 0 saturated carbocycles. The molecule has 31 heavy (non-hydrogen) atoms. The first-order chi connectivity index (χ1) is 14.8. The molecule has 2 heterocycles. The minimum absolute atomic E-state index is 0.156. The Morgan fingerprint density at radius 1 is 0.903 bits per heavy atom. The zero-order valence-corrected chi connectivity index (χ0v) is 18.5. The van der Waals surface area contributed by atoms with Crippen LogP contribution in [0.4, 0.5) is 10.5 Å². The van der Waals surface area contributed by atoms with E-state index in [0.29, 0.717) is 31.9 Å². The molecular weight excluding hydrogens is 416 g/mol. The molecule has 2 fully saturated rings. The Balaban J connectivity index is 1.41. The van der Waals surface area contributed by atoms with E-state index >= 15 is 0 Å². The summed E-state index contributed by atoms with van der Waals surface area (Å²) in [5, 5.41) is 0. The molecular formula is C22H26N4O4S. The molecule has 2 aromatic rings. The van der Waals surface area contributed by atoms with E-state index in [1.54, 1.807) is 37.3 Å². The molecule has 0 aromatic heterocycles. The number of urea groups is 1. The summed E-state index contributed by atoms with van der Waals surface area (Å²) in [6.45, 7) is 5.36. The maximum absolute atomic E-state index is 13.0. The van der Waals surface area contributed by atoms with E-state index in [2.05, 4.69) is 0 Å². The monoisotopic (exact) mass is 442 g/mol. The largest absolute Gasteiger partial charge is 0.333 e. The normalized spacial score (nSPS) is 21.2. The number of hydrogen-bond donors (Lipinski definition) is 0. The Morgan fingerprint density at radius 3 is 2.13 bits per heavy atom. The number of rotatable bonds is 5. The molecule has 2 aliphatic rings. The molecule has 3 amide bonds. The van der Waals surface area contributed by atoms with Gasteiger partial charge in [0.25, 0.3) is 5.91 Å². The van der Waals surface area contributed by atoms with Gasteiger partial charge in [0.2, 0.25) is 10.0 Å². The fourth-order valence-corrected chi connectivity index (χ4v) is 5.39. The quantitative estimate of drug-likeness (QED) is 0.663. The summed E-state index contributed by atoms with van der Waals surface area (Å²) in [6.07, 6.45) is 0. The van der Waals surface area contributed by atoms with Crippen LogP contribution in [-0.4, -0.2) is 73.4 Å². The van der Waals surface area contributed by atoms with Crippen LogP contribution in [0.2, 0.25) is 0 Å². The van der Waals surface area contributed by atoms with Crippen LogP contribution in [0, 0.1) is 6.92 Å². The van der Waals surface area contributed by atoms with Gasteiger partial charge in [-0.2, -0.15) is 4.31 Å². The second-order valence-corrected chi connectivity index (χ2v) is 9.84. The molecule has 2 saturated heterocycles. The Labute approximate surface area is 182 Å². The van der Waals surface area contributed by atoms with Crippen molar-refractivity contribution in [1.29, 1.82) is 0 Å². The molecule has 0 spiro atoms. The van der Waals surface area contributed by atoms with E-state index in [0.717, 1.165) is 5.56 Å². The smallest absolute Gasteiger partial charge is 0.283 e. The third-order valence-electron chi connectivity index (χ3n) is 5.81. The van der Waals surface area contributed by atoms with Crippen LogP contribution >= 0.6 is 0 Å². The average molecular weight is 443 g/mol. The highest BCUT2D eigenvalue weighted by Crippen LogP contribution is 2.26. The lowest BCUT2D eigenvalue weighted by Crippen LogP contribution is -2.52. The summed E-state index contributed by atoms with van der Waals surface area (Å²) >= 11 is 0. The standard InChI is InChI=1S/C22H26N4O4S/c1-17-8-10-19(11-9-17)26-18(2)21(27)25(22(26)28)16-23-12-14-24(15-13-23)31(29,30)20-6-4-3-5-7-20/h3-11,18H,12-16H2,1-2H3. The molecule has 0 radical (unpaired) electrons. The van der Waals surface area contributed by atoms with Crippen molar-refractivity contribution in [3.8, 4) is 0 Å². The molecule has 0 N–H and O–H groups in total. The maximum Gasteiger partial charge on any atom is 0.333 e. The van der Waals surface area contributed by atoms with Crippen LogP contribution in [0.1, 0.15) is 12.5 Å². The van der Waals surface area contributed by atoms with E-state index in [1.807, 2.05) is 36.1 Å². The van der Waals surface area contributed by atoms with Crippen molar-refractivity contribution in [2.75, 3.05) is 37.7 Å². The van der Waals surface area contributed by atoms with Crippen LogP contribution in [0.5, 0.6) is 0 Å². The first-order valence-corrected chi connectivity index (χ1v) is 11.7. The van der Waals surface area contributed by atoms with Crippen LogP contribution in [-0.2, 0) is 14.8 Å². The number of carbonyl (C=O) groups excluding carboxylic acids is 2. The van der Waals surface area contributed by atoms with Crippen molar-refractivity contribution in [2.45, 2.75) is 24.8 Å². The Kier molecular flexibility index (Phi) is 5.83. The number of aryl methyl sites for hydroxylation is 1. The first-order valence-electron chi connectivity index (χ1n) is 10.3. The lowest BCUT2D eigenvalue weighted by Gasteiger charge is -2.35. The number of carbonyl (C=O) groups is 2. The Bertz CT molecular complexity index is 1060. The van der Waals surface area contributed by atoms with Gasteiger partial charge in [-0.1, -0.05) is 35.9 Å². The molecule has 164 valence electrons. The van der Waals surface area contributed by atoms with Crippen LogP contribution in [0.25, 0.3) is 0 Å². The minimum atomic E-state index is -3.54. The lowest BCUT2D eigenvalue weighted by atomic mass is 10.2. The van der Waals surface area contributed by atoms with Crippen molar-refractivity contribution < 1.29 is 18.0 Å². The summed E-state index contributed by atoms with van der Waals surface area (Å²) in [5.74, 6) is -0.245. The summed E-state index contributed by atoms with van der Waals surface area (Å²) in [5.41, 5.74) is 1.77. The van der Waals surface area contributed by atoms with Crippen LogP contribution in [0.15, 0.2) is 59.5 Å². The number of piperazine rings is 1. The number of hydrogen-bond acceptors (Lipinski definition) is 5. The summed E-state index contributed by atoms with van der Waals surface area (Å²) in [7, 11) is -3.54. The van der Waals surface area contributed by atoms with Gasteiger partial charge < -0.3 is 0 Å². The highest BCUT2D eigenvalue weighted by molar-refractivity contribution is 7.89. The fraction of sp³-hybridized carbons (Fsp3) is 0.364. The van der Waals surface area contributed by atoms with Gasteiger partial charge in [-0.25, -0.2) is 18.1 Å². The molecule has 2 aromatic carbocycles. The zero-order valence-electron chi connectivity index (χ0n) is 17.6. The fourth-order valence-electron chi connectivity index (χ4n) is 3.95. The van der Waals surface area contributed by atoms with Crippen molar-refractivity contribution in [1.82, 2.24) is 14.1 Å². The average Bonchev–Trinajstić information content (AvgIpc) is 2.99. The van der Waals surface area contributed by atoms with Gasteiger partial charge in [0.15, 0.2) is 0 Å². The van der Waals surface area contributed by atoms with E-state index < -0.39 is 16.1 Å². The maximum atomic E-state index is 13.0. The number of amides is 3. The molecule has 0 aliphatic carbocycles. The van der Waals surface area contributed by atoms with Crippen molar-refractivity contribution in [3.63, 3.8) is 0 Å². The van der Waals surface area contributed by atoms with Gasteiger partial charge in [0.05, 0.1) is 11.6 Å². The van der Waals surface area contributed by atoms with Gasteiger partial charge in [-0.3, -0.25) is 14.6 Å². The van der Waals surface area contributed by atoms with Gasteiger partial charge in [0, 0.05) is 31.9 Å². The van der Waals surface area contributed by atoms with Gasteiger partial charge in [-0.05, 0) is 38.1 Å². The summed E-state index contributed by atoms with van der Waals surface area (Å²) in [4.78, 5) is 30.8. The third-order valence-corrected chi connectivity index (χ3v) is 7.73. The second kappa shape index (κ2) is 8.41. The van der Waals surface area contributed by atoms with E-state index in [1.165, 1.54) is 14.1 Å². The topological polar surface area (TPSA) is 81.2 Å². The summed E-state index contributed by atoms with van der Waals surface area (Å²) < 4.78 is 27.0.